The van der Waals surface area contributed by atoms with Crippen LogP contribution < -0.4 is 10.1 Å². The van der Waals surface area contributed by atoms with Crippen LogP contribution in [0.25, 0.3) is 0 Å². The van der Waals surface area contributed by atoms with E-state index in [0.29, 0.717) is 37.2 Å². The maximum atomic E-state index is 12.5. The number of likely N-dealkylation sites (tertiary alicyclic amines) is 1. The molecule has 29 heavy (non-hydrogen) atoms. The second-order valence-corrected chi connectivity index (χ2v) is 7.04. The second-order valence-electron chi connectivity index (χ2n) is 7.04. The first-order valence-corrected chi connectivity index (χ1v) is 9.45. The third-order valence-electron chi connectivity index (χ3n) is 4.86. The number of carbonyl (C=O) groups is 2. The largest absolute Gasteiger partial charge is 0.484 e. The van der Waals surface area contributed by atoms with Crippen LogP contribution in [0.4, 0.5) is 5.69 Å². The van der Waals surface area contributed by atoms with Gasteiger partial charge in [-0.15, -0.1) is 0 Å². The molecule has 8 nitrogen and oxygen atoms in total. The number of benzene rings is 2. The lowest BCUT2D eigenvalue weighted by Gasteiger charge is -2.32. The molecular weight excluding hydrogens is 374 g/mol. The summed E-state index contributed by atoms with van der Waals surface area (Å²) >= 11 is 0. The van der Waals surface area contributed by atoms with E-state index in [1.54, 1.807) is 4.90 Å². The molecule has 0 aliphatic carbocycles. The number of amides is 2. The Morgan fingerprint density at radius 2 is 1.72 bits per heavy atom. The number of non-ortho nitro benzene ring substituents is 1. The quantitative estimate of drug-likeness (QED) is 0.596. The Hall–Kier alpha value is -3.42. The highest BCUT2D eigenvalue weighted by molar-refractivity contribution is 5.94. The molecule has 1 saturated heterocycles. The molecular formula is C21H23N3O5. The van der Waals surface area contributed by atoms with E-state index in [1.165, 1.54) is 24.3 Å². The van der Waals surface area contributed by atoms with Gasteiger partial charge in [0.2, 0.25) is 0 Å². The molecule has 8 heteroatoms. The number of nitro benzene ring substituents is 1. The smallest absolute Gasteiger partial charge is 0.269 e. The zero-order chi connectivity index (χ0) is 20.8. The lowest BCUT2D eigenvalue weighted by Crippen LogP contribution is -2.47. The van der Waals surface area contributed by atoms with Crippen LogP contribution in [0.3, 0.4) is 0 Å². The van der Waals surface area contributed by atoms with E-state index in [9.17, 15) is 19.7 Å². The molecule has 0 radical (unpaired) electrons. The number of nitrogens with zero attached hydrogens (tertiary/aromatic N) is 2. The van der Waals surface area contributed by atoms with Gasteiger partial charge in [-0.25, -0.2) is 0 Å². The van der Waals surface area contributed by atoms with Gasteiger partial charge in [-0.05, 0) is 44.0 Å². The highest BCUT2D eigenvalue weighted by Crippen LogP contribution is 2.18. The molecule has 2 amide bonds. The molecule has 1 aliphatic rings. The minimum Gasteiger partial charge on any atom is -0.484 e. The first-order valence-electron chi connectivity index (χ1n) is 9.45. The molecule has 2 aromatic rings. The highest BCUT2D eigenvalue weighted by atomic mass is 16.6. The maximum Gasteiger partial charge on any atom is 0.269 e. The van der Waals surface area contributed by atoms with E-state index in [4.69, 9.17) is 4.74 Å². The monoisotopic (exact) mass is 397 g/mol. The molecule has 1 heterocycles. The van der Waals surface area contributed by atoms with E-state index in [2.05, 4.69) is 5.32 Å². The van der Waals surface area contributed by atoms with Crippen molar-refractivity contribution in [3.63, 3.8) is 0 Å². The topological polar surface area (TPSA) is 102 Å². The Morgan fingerprint density at radius 1 is 1.10 bits per heavy atom. The van der Waals surface area contributed by atoms with Crippen LogP contribution in [0.5, 0.6) is 5.75 Å². The van der Waals surface area contributed by atoms with Gasteiger partial charge in [-0.2, -0.15) is 0 Å². The number of hydrogen-bond acceptors (Lipinski definition) is 5. The fourth-order valence-electron chi connectivity index (χ4n) is 3.19. The summed E-state index contributed by atoms with van der Waals surface area (Å²) in [5.74, 6) is 0.146. The predicted molar refractivity (Wildman–Crippen MR) is 107 cm³/mol. The summed E-state index contributed by atoms with van der Waals surface area (Å²) in [5, 5.41) is 13.6. The van der Waals surface area contributed by atoms with Gasteiger partial charge in [0, 0.05) is 36.8 Å². The first-order chi connectivity index (χ1) is 13.9. The van der Waals surface area contributed by atoms with Gasteiger partial charge >= 0.3 is 0 Å². The van der Waals surface area contributed by atoms with Crippen molar-refractivity contribution in [3.05, 3.63) is 69.8 Å². The van der Waals surface area contributed by atoms with Crippen LogP contribution in [-0.2, 0) is 4.79 Å². The fourth-order valence-corrected chi connectivity index (χ4v) is 3.19. The van der Waals surface area contributed by atoms with Gasteiger partial charge in [0.1, 0.15) is 5.75 Å². The molecule has 0 saturated carbocycles. The minimum atomic E-state index is -0.494. The second kappa shape index (κ2) is 9.18. The van der Waals surface area contributed by atoms with Crippen LogP contribution in [0, 0.1) is 17.0 Å². The van der Waals surface area contributed by atoms with Crippen LogP contribution in [-0.4, -0.2) is 47.4 Å². The number of ether oxygens (including phenoxy) is 1. The molecule has 3 rings (SSSR count). The summed E-state index contributed by atoms with van der Waals surface area (Å²) in [6.45, 7) is 2.98. The van der Waals surface area contributed by atoms with Gasteiger partial charge in [0.15, 0.2) is 6.61 Å². The Labute approximate surface area is 168 Å². The van der Waals surface area contributed by atoms with E-state index in [1.807, 2.05) is 31.2 Å². The number of aryl methyl sites for hydroxylation is 1. The number of nitrogens with one attached hydrogen (secondary N) is 1. The average molecular weight is 397 g/mol. The summed E-state index contributed by atoms with van der Waals surface area (Å²) in [6.07, 6.45) is 1.36. The molecule has 1 aliphatic heterocycles. The molecule has 0 unspecified atom stereocenters. The number of rotatable bonds is 6. The van der Waals surface area contributed by atoms with Crippen LogP contribution >= 0.6 is 0 Å². The number of hydrogen-bond donors (Lipinski definition) is 1. The zero-order valence-corrected chi connectivity index (χ0v) is 16.2. The molecule has 152 valence electrons. The van der Waals surface area contributed by atoms with E-state index in [0.717, 1.165) is 5.56 Å². The van der Waals surface area contributed by atoms with Crippen molar-refractivity contribution in [2.45, 2.75) is 25.8 Å². The SMILES string of the molecule is Cc1ccc(C(=O)N2CCC(NC(=O)COc3ccc([N+](=O)[O-])cc3)CC2)cc1. The Kier molecular flexibility index (Phi) is 6.43. The van der Waals surface area contributed by atoms with Crippen molar-refractivity contribution in [3.8, 4) is 5.75 Å². The molecule has 0 aromatic heterocycles. The maximum absolute atomic E-state index is 12.5. The van der Waals surface area contributed by atoms with Gasteiger partial charge in [0.05, 0.1) is 4.92 Å². The summed E-state index contributed by atoms with van der Waals surface area (Å²) in [6, 6.07) is 13.1. The number of nitro groups is 1. The summed E-state index contributed by atoms with van der Waals surface area (Å²) in [5.41, 5.74) is 1.75. The van der Waals surface area contributed by atoms with Gasteiger partial charge in [0.25, 0.3) is 17.5 Å². The summed E-state index contributed by atoms with van der Waals surface area (Å²) in [4.78, 5) is 36.6. The van der Waals surface area contributed by atoms with Crippen molar-refractivity contribution in [2.75, 3.05) is 19.7 Å². The molecule has 2 aromatic carbocycles. The van der Waals surface area contributed by atoms with Gasteiger partial charge in [-0.3, -0.25) is 19.7 Å². The lowest BCUT2D eigenvalue weighted by molar-refractivity contribution is -0.384. The van der Waals surface area contributed by atoms with Gasteiger partial charge in [-0.1, -0.05) is 17.7 Å². The van der Waals surface area contributed by atoms with Gasteiger partial charge < -0.3 is 15.0 Å². The third-order valence-corrected chi connectivity index (χ3v) is 4.86. The van der Waals surface area contributed by atoms with Crippen molar-refractivity contribution in [1.82, 2.24) is 10.2 Å². The Bertz CT molecular complexity index is 872. The van der Waals surface area contributed by atoms with Crippen molar-refractivity contribution in [2.24, 2.45) is 0 Å². The third kappa shape index (κ3) is 5.54. The molecule has 0 bridgehead atoms. The number of carbonyl (C=O) groups excluding carboxylic acids is 2. The van der Waals surface area contributed by atoms with Crippen molar-refractivity contribution >= 4 is 17.5 Å². The highest BCUT2D eigenvalue weighted by Gasteiger charge is 2.24. The standard InChI is InChI=1S/C21H23N3O5/c1-15-2-4-16(5-3-15)21(26)23-12-10-17(11-13-23)22-20(25)14-29-19-8-6-18(7-9-19)24(27)28/h2-9,17H,10-14H2,1H3,(H,22,25). The van der Waals surface area contributed by atoms with E-state index >= 15 is 0 Å². The fraction of sp³-hybridized carbons (Fsp3) is 0.333. The van der Waals surface area contributed by atoms with Crippen LogP contribution in [0.2, 0.25) is 0 Å². The zero-order valence-electron chi connectivity index (χ0n) is 16.2. The molecule has 0 spiro atoms. The molecule has 1 fully saturated rings. The Balaban J connectivity index is 1.41. The van der Waals surface area contributed by atoms with Crippen molar-refractivity contribution < 1.29 is 19.2 Å². The van der Waals surface area contributed by atoms with Crippen molar-refractivity contribution in [1.29, 1.82) is 0 Å². The van der Waals surface area contributed by atoms with Crippen LogP contribution in [0.1, 0.15) is 28.8 Å². The Morgan fingerprint density at radius 3 is 2.31 bits per heavy atom. The lowest BCUT2D eigenvalue weighted by atomic mass is 10.0. The minimum absolute atomic E-state index is 0.00923. The van der Waals surface area contributed by atoms with E-state index in [-0.39, 0.29) is 30.2 Å². The summed E-state index contributed by atoms with van der Waals surface area (Å²) in [7, 11) is 0. The normalized spacial score (nSPS) is 14.3. The molecule has 0 atom stereocenters. The average Bonchev–Trinajstić information content (AvgIpc) is 2.73. The van der Waals surface area contributed by atoms with E-state index < -0.39 is 4.92 Å². The number of piperidine rings is 1. The molecule has 1 N–H and O–H groups in total. The summed E-state index contributed by atoms with van der Waals surface area (Å²) < 4.78 is 5.37. The van der Waals surface area contributed by atoms with Crippen LogP contribution in [0.15, 0.2) is 48.5 Å². The predicted octanol–water partition coefficient (Wildman–Crippen LogP) is 2.70. The first kappa shape index (κ1) is 20.3.